The monoisotopic (exact) mass is 404 g/mol. The third kappa shape index (κ3) is 5.83. The van der Waals surface area contributed by atoms with E-state index in [-0.39, 0.29) is 25.0 Å². The number of nitrogens with one attached hydrogen (secondary N) is 2. The van der Waals surface area contributed by atoms with Crippen LogP contribution in [0.15, 0.2) is 24.3 Å². The van der Waals surface area contributed by atoms with E-state index in [4.69, 9.17) is 9.47 Å². The van der Waals surface area contributed by atoms with Gasteiger partial charge in [-0.15, -0.1) is 0 Å². The number of benzene rings is 1. The van der Waals surface area contributed by atoms with Crippen molar-refractivity contribution in [3.8, 4) is 11.5 Å². The van der Waals surface area contributed by atoms with Crippen LogP contribution in [0.5, 0.6) is 11.5 Å². The fraction of sp³-hybridized carbons (Fsp3) is 0.550. The van der Waals surface area contributed by atoms with Gasteiger partial charge in [0.05, 0.1) is 6.54 Å². The minimum Gasteiger partial charge on any atom is -0.485 e. The second-order valence-corrected chi connectivity index (χ2v) is 8.22. The third-order valence-corrected chi connectivity index (χ3v) is 4.58. The summed E-state index contributed by atoms with van der Waals surface area (Å²) in [5, 5.41) is 5.02. The van der Waals surface area contributed by atoms with Crippen molar-refractivity contribution in [3.05, 3.63) is 24.3 Å². The van der Waals surface area contributed by atoms with Gasteiger partial charge in [-0.2, -0.15) is 0 Å². The lowest BCUT2D eigenvalue weighted by Gasteiger charge is -2.36. The Morgan fingerprint density at radius 1 is 1.07 bits per heavy atom. The topological polar surface area (TPSA) is 100 Å². The fourth-order valence-electron chi connectivity index (χ4n) is 3.21. The highest BCUT2D eigenvalue weighted by Crippen LogP contribution is 2.31. The molecule has 158 valence electrons. The number of hydrogen-bond acceptors (Lipinski definition) is 6. The summed E-state index contributed by atoms with van der Waals surface area (Å²) in [4.78, 5) is 40.2. The maximum absolute atomic E-state index is 12.7. The lowest BCUT2D eigenvalue weighted by atomic mass is 10.1. The van der Waals surface area contributed by atoms with Gasteiger partial charge in [0.15, 0.2) is 11.5 Å². The number of imide groups is 1. The van der Waals surface area contributed by atoms with Crippen LogP contribution in [0.1, 0.15) is 20.8 Å². The molecule has 0 aliphatic carbocycles. The van der Waals surface area contributed by atoms with E-state index in [9.17, 15) is 14.4 Å². The van der Waals surface area contributed by atoms with Crippen LogP contribution in [0, 0.1) is 0 Å². The predicted octanol–water partition coefficient (Wildman–Crippen LogP) is 0.595. The van der Waals surface area contributed by atoms with Crippen molar-refractivity contribution in [1.82, 2.24) is 20.4 Å². The van der Waals surface area contributed by atoms with Crippen molar-refractivity contribution in [2.24, 2.45) is 0 Å². The zero-order chi connectivity index (χ0) is 21.0. The molecule has 1 aromatic rings. The first-order chi connectivity index (χ1) is 13.7. The fourth-order valence-corrected chi connectivity index (χ4v) is 3.21. The minimum atomic E-state index is -0.666. The molecule has 0 unspecified atom stereocenters. The predicted molar refractivity (Wildman–Crippen MR) is 106 cm³/mol. The summed E-state index contributed by atoms with van der Waals surface area (Å²) in [5.74, 6) is 0.726. The quantitative estimate of drug-likeness (QED) is 0.765. The number of nitrogens with zero attached hydrogens (tertiary/aromatic N) is 2. The van der Waals surface area contributed by atoms with Crippen molar-refractivity contribution in [2.75, 3.05) is 39.3 Å². The molecular formula is C20H28N4O5. The molecule has 0 radical (unpaired) electrons. The molecule has 0 saturated carbocycles. The van der Waals surface area contributed by atoms with Gasteiger partial charge in [-0.05, 0) is 32.9 Å². The van der Waals surface area contributed by atoms with Crippen molar-refractivity contribution in [1.29, 1.82) is 0 Å². The van der Waals surface area contributed by atoms with Crippen LogP contribution in [0.25, 0.3) is 0 Å². The average Bonchev–Trinajstić information content (AvgIpc) is 2.66. The molecule has 2 N–H and O–H groups in total. The van der Waals surface area contributed by atoms with Gasteiger partial charge < -0.3 is 19.7 Å². The van der Waals surface area contributed by atoms with E-state index in [0.717, 1.165) is 0 Å². The molecular weight excluding hydrogens is 376 g/mol. The Balaban J connectivity index is 1.43. The first kappa shape index (κ1) is 20.9. The lowest BCUT2D eigenvalue weighted by Crippen LogP contribution is -2.56. The molecule has 3 rings (SSSR count). The van der Waals surface area contributed by atoms with E-state index in [2.05, 4.69) is 10.6 Å². The molecule has 0 bridgehead atoms. The average molecular weight is 404 g/mol. The number of urea groups is 1. The Bertz CT molecular complexity index is 768. The zero-order valence-corrected chi connectivity index (χ0v) is 17.1. The summed E-state index contributed by atoms with van der Waals surface area (Å²) in [6, 6.07) is 6.77. The number of hydrogen-bond donors (Lipinski definition) is 2. The van der Waals surface area contributed by atoms with E-state index in [0.29, 0.717) is 37.7 Å². The minimum absolute atomic E-state index is 0.107. The highest BCUT2D eigenvalue weighted by molar-refractivity contribution is 5.95. The summed E-state index contributed by atoms with van der Waals surface area (Å²) in [6.07, 6.45) is -0.666. The Hall–Kier alpha value is -2.81. The van der Waals surface area contributed by atoms with Crippen molar-refractivity contribution in [3.63, 3.8) is 0 Å². The van der Waals surface area contributed by atoms with Crippen LogP contribution in [0.3, 0.4) is 0 Å². The van der Waals surface area contributed by atoms with Gasteiger partial charge in [0, 0.05) is 31.7 Å². The van der Waals surface area contributed by atoms with Crippen LogP contribution in [-0.2, 0) is 9.59 Å². The maximum Gasteiger partial charge on any atom is 0.321 e. The molecule has 4 amide bonds. The van der Waals surface area contributed by atoms with Crippen LogP contribution in [-0.4, -0.2) is 78.6 Å². The SMILES string of the molecule is CC(C)(C)NC(=O)NC(=O)CN1CCN(C(=O)[C@H]2COc3ccccc3O2)CC1. The first-order valence-corrected chi connectivity index (χ1v) is 9.73. The number of rotatable bonds is 3. The summed E-state index contributed by atoms with van der Waals surface area (Å²) in [6.45, 7) is 7.88. The Morgan fingerprint density at radius 2 is 1.72 bits per heavy atom. The molecule has 9 heteroatoms. The molecule has 1 aromatic carbocycles. The normalized spacial score (nSPS) is 19.4. The van der Waals surface area contributed by atoms with Crippen LogP contribution >= 0.6 is 0 Å². The first-order valence-electron chi connectivity index (χ1n) is 9.73. The van der Waals surface area contributed by atoms with Crippen LogP contribution in [0.2, 0.25) is 0 Å². The number of amides is 4. The number of fused-ring (bicyclic) bond motifs is 1. The summed E-state index contributed by atoms with van der Waals surface area (Å²) in [7, 11) is 0. The molecule has 0 aromatic heterocycles. The van der Waals surface area contributed by atoms with E-state index in [1.165, 1.54) is 0 Å². The Kier molecular flexibility index (Phi) is 6.26. The molecule has 2 heterocycles. The molecule has 1 saturated heterocycles. The van der Waals surface area contributed by atoms with Gasteiger partial charge in [0.25, 0.3) is 5.91 Å². The Morgan fingerprint density at radius 3 is 2.38 bits per heavy atom. The van der Waals surface area contributed by atoms with Gasteiger partial charge in [0.1, 0.15) is 6.61 Å². The highest BCUT2D eigenvalue weighted by atomic mass is 16.6. The molecule has 29 heavy (non-hydrogen) atoms. The summed E-state index contributed by atoms with van der Waals surface area (Å²) >= 11 is 0. The van der Waals surface area contributed by atoms with Gasteiger partial charge in [-0.25, -0.2) is 4.79 Å². The van der Waals surface area contributed by atoms with Gasteiger partial charge in [-0.1, -0.05) is 12.1 Å². The molecule has 0 spiro atoms. The number of piperazine rings is 1. The smallest absolute Gasteiger partial charge is 0.321 e. The molecule has 2 aliphatic rings. The van der Waals surface area contributed by atoms with Crippen molar-refractivity contribution in [2.45, 2.75) is 32.4 Å². The van der Waals surface area contributed by atoms with Crippen LogP contribution < -0.4 is 20.1 Å². The van der Waals surface area contributed by atoms with E-state index >= 15 is 0 Å². The lowest BCUT2D eigenvalue weighted by molar-refractivity contribution is -0.143. The number of para-hydroxylation sites is 2. The van der Waals surface area contributed by atoms with Crippen molar-refractivity contribution < 1.29 is 23.9 Å². The van der Waals surface area contributed by atoms with E-state index in [1.54, 1.807) is 11.0 Å². The summed E-state index contributed by atoms with van der Waals surface area (Å²) < 4.78 is 11.4. The second kappa shape index (κ2) is 8.69. The van der Waals surface area contributed by atoms with Gasteiger partial charge in [-0.3, -0.25) is 19.8 Å². The zero-order valence-electron chi connectivity index (χ0n) is 17.1. The van der Waals surface area contributed by atoms with Crippen molar-refractivity contribution >= 4 is 17.8 Å². The molecule has 9 nitrogen and oxygen atoms in total. The molecule has 2 aliphatic heterocycles. The molecule has 1 atom stereocenters. The van der Waals surface area contributed by atoms with Gasteiger partial charge in [0.2, 0.25) is 12.0 Å². The standard InChI is InChI=1S/C20H28N4O5/c1-20(2,3)22-19(27)21-17(25)12-23-8-10-24(11-9-23)18(26)16-13-28-14-6-4-5-7-15(14)29-16/h4-7,16H,8-13H2,1-3H3,(H2,21,22,25,27)/t16-/m1/s1. The van der Waals surface area contributed by atoms with Gasteiger partial charge >= 0.3 is 6.03 Å². The Labute approximate surface area is 170 Å². The maximum atomic E-state index is 12.7. The second-order valence-electron chi connectivity index (χ2n) is 8.22. The number of carbonyl (C=O) groups excluding carboxylic acids is 3. The van der Waals surface area contributed by atoms with E-state index in [1.807, 2.05) is 43.9 Å². The van der Waals surface area contributed by atoms with Crippen LogP contribution in [0.4, 0.5) is 4.79 Å². The molecule has 1 fully saturated rings. The third-order valence-electron chi connectivity index (χ3n) is 4.58. The number of carbonyl (C=O) groups is 3. The largest absolute Gasteiger partial charge is 0.485 e. The van der Waals surface area contributed by atoms with E-state index < -0.39 is 17.7 Å². The summed E-state index contributed by atoms with van der Waals surface area (Å²) in [5.41, 5.74) is -0.415. The highest BCUT2D eigenvalue weighted by Gasteiger charge is 2.33. The number of ether oxygens (including phenoxy) is 2.